The van der Waals surface area contributed by atoms with Gasteiger partial charge >= 0.3 is 0 Å². The Balaban J connectivity index is 1.78. The summed E-state index contributed by atoms with van der Waals surface area (Å²) >= 11 is 0. The summed E-state index contributed by atoms with van der Waals surface area (Å²) in [5.41, 5.74) is 1.20. The second-order valence-corrected chi connectivity index (χ2v) is 5.75. The first-order valence-electron chi connectivity index (χ1n) is 8.06. The molecule has 1 amide bonds. The van der Waals surface area contributed by atoms with E-state index in [1.54, 1.807) is 13.2 Å². The zero-order chi connectivity index (χ0) is 17.0. The van der Waals surface area contributed by atoms with Crippen LogP contribution in [0.5, 0.6) is 0 Å². The van der Waals surface area contributed by atoms with Gasteiger partial charge in [0.05, 0.1) is 6.54 Å². The summed E-state index contributed by atoms with van der Waals surface area (Å²) in [5, 5.41) is 3.86. The van der Waals surface area contributed by atoms with E-state index in [1.165, 1.54) is 0 Å². The van der Waals surface area contributed by atoms with Crippen LogP contribution in [0.3, 0.4) is 0 Å². The van der Waals surface area contributed by atoms with Gasteiger partial charge < -0.3 is 14.5 Å². The maximum atomic E-state index is 12.5. The minimum atomic E-state index is -0.553. The van der Waals surface area contributed by atoms with Gasteiger partial charge in [0.1, 0.15) is 11.2 Å². The Morgan fingerprint density at radius 3 is 2.50 bits per heavy atom. The van der Waals surface area contributed by atoms with E-state index in [1.807, 2.05) is 61.5 Å². The zero-order valence-corrected chi connectivity index (χ0v) is 13.9. The van der Waals surface area contributed by atoms with Crippen LogP contribution < -0.4 is 5.32 Å². The maximum absolute atomic E-state index is 12.5. The molecule has 3 aromatic rings. The molecule has 0 unspecified atom stereocenters. The largest absolute Gasteiger partial charge is 0.451 e. The van der Waals surface area contributed by atoms with Crippen LogP contribution in [0.2, 0.25) is 0 Å². The Morgan fingerprint density at radius 2 is 1.83 bits per heavy atom. The molecule has 1 N–H and O–H groups in total. The van der Waals surface area contributed by atoms with Crippen LogP contribution in [-0.4, -0.2) is 19.6 Å². The van der Waals surface area contributed by atoms with Crippen molar-refractivity contribution < 1.29 is 13.9 Å². The number of furan rings is 1. The number of amides is 1. The maximum Gasteiger partial charge on any atom is 0.287 e. The van der Waals surface area contributed by atoms with Crippen LogP contribution in [0.1, 0.15) is 29.5 Å². The number of benzene rings is 2. The van der Waals surface area contributed by atoms with Gasteiger partial charge in [-0.2, -0.15) is 0 Å². The number of nitrogens with one attached hydrogen (secondary N) is 1. The lowest BCUT2D eigenvalue weighted by atomic mass is 9.90. The molecule has 3 rings (SSSR count). The summed E-state index contributed by atoms with van der Waals surface area (Å²) in [4.78, 5) is 12.5. The molecule has 1 heterocycles. The Bertz CT molecular complexity index is 786. The van der Waals surface area contributed by atoms with Crippen LogP contribution in [0.15, 0.2) is 65.1 Å². The fourth-order valence-electron chi connectivity index (χ4n) is 2.91. The molecule has 24 heavy (non-hydrogen) atoms. The highest BCUT2D eigenvalue weighted by Gasteiger charge is 2.31. The minimum Gasteiger partial charge on any atom is -0.451 e. The lowest BCUT2D eigenvalue weighted by Crippen LogP contribution is -2.41. The second kappa shape index (κ2) is 6.89. The predicted octanol–water partition coefficient (Wildman–Crippen LogP) is 4.11. The van der Waals surface area contributed by atoms with E-state index in [4.69, 9.17) is 9.15 Å². The summed E-state index contributed by atoms with van der Waals surface area (Å²) in [6.07, 6.45) is 0.744. The topological polar surface area (TPSA) is 51.5 Å². The molecular formula is C20H21NO3. The quantitative estimate of drug-likeness (QED) is 0.742. The van der Waals surface area contributed by atoms with Crippen molar-refractivity contribution in [2.24, 2.45) is 0 Å². The third kappa shape index (κ3) is 3.05. The Morgan fingerprint density at radius 1 is 1.12 bits per heavy atom. The van der Waals surface area contributed by atoms with Crippen molar-refractivity contribution >= 4 is 16.9 Å². The fraction of sp³-hybridized carbons (Fsp3) is 0.250. The van der Waals surface area contributed by atoms with E-state index < -0.39 is 5.60 Å². The molecule has 0 aliphatic rings. The minimum absolute atomic E-state index is 0.239. The molecule has 1 atom stereocenters. The molecule has 2 aromatic carbocycles. The van der Waals surface area contributed by atoms with Gasteiger partial charge in [0, 0.05) is 12.5 Å². The summed E-state index contributed by atoms with van der Waals surface area (Å²) < 4.78 is 11.4. The van der Waals surface area contributed by atoms with Crippen LogP contribution in [0, 0.1) is 0 Å². The smallest absolute Gasteiger partial charge is 0.287 e. The number of methoxy groups -OCH3 is 1. The summed E-state index contributed by atoms with van der Waals surface area (Å²) in [6.45, 7) is 2.42. The monoisotopic (exact) mass is 323 g/mol. The standard InChI is InChI=1S/C20H21NO3/c1-3-20(23-2,16-10-5-4-6-11-16)14-21-19(22)18-13-15-9-7-8-12-17(15)24-18/h4-13H,3,14H2,1-2H3,(H,21,22)/t20-/m1/s1. The van der Waals surface area contributed by atoms with E-state index >= 15 is 0 Å². The van der Waals surface area contributed by atoms with Crippen LogP contribution in [-0.2, 0) is 10.3 Å². The van der Waals surface area contributed by atoms with E-state index in [-0.39, 0.29) is 5.91 Å². The molecule has 124 valence electrons. The highest BCUT2D eigenvalue weighted by Crippen LogP contribution is 2.28. The predicted molar refractivity (Wildman–Crippen MR) is 94.0 cm³/mol. The SMILES string of the molecule is CC[C@](CNC(=O)c1cc2ccccc2o1)(OC)c1ccccc1. The number of hydrogen-bond donors (Lipinski definition) is 1. The number of fused-ring (bicyclic) bond motifs is 1. The molecule has 0 aliphatic heterocycles. The fourth-order valence-corrected chi connectivity index (χ4v) is 2.91. The van der Waals surface area contributed by atoms with E-state index in [0.29, 0.717) is 17.9 Å². The number of carbonyl (C=O) groups is 1. The van der Waals surface area contributed by atoms with E-state index in [2.05, 4.69) is 5.32 Å². The lowest BCUT2D eigenvalue weighted by Gasteiger charge is -2.32. The highest BCUT2D eigenvalue weighted by atomic mass is 16.5. The number of hydrogen-bond acceptors (Lipinski definition) is 3. The van der Waals surface area contributed by atoms with Gasteiger partial charge in [0.2, 0.25) is 0 Å². The third-order valence-electron chi connectivity index (χ3n) is 4.45. The van der Waals surface area contributed by atoms with Crippen LogP contribution in [0.4, 0.5) is 0 Å². The highest BCUT2D eigenvalue weighted by molar-refractivity contribution is 5.96. The summed E-state index contributed by atoms with van der Waals surface area (Å²) in [6, 6.07) is 19.3. The number of ether oxygens (including phenoxy) is 1. The van der Waals surface area contributed by atoms with Gasteiger partial charge in [-0.1, -0.05) is 55.5 Å². The molecule has 0 aliphatic carbocycles. The Hall–Kier alpha value is -2.59. The molecule has 1 aromatic heterocycles. The third-order valence-corrected chi connectivity index (χ3v) is 4.45. The number of carbonyl (C=O) groups excluding carboxylic acids is 1. The van der Waals surface area contributed by atoms with Crippen molar-refractivity contribution in [1.82, 2.24) is 5.32 Å². The second-order valence-electron chi connectivity index (χ2n) is 5.75. The summed E-state index contributed by atoms with van der Waals surface area (Å²) in [5.74, 6) is 0.0716. The first-order chi connectivity index (χ1) is 11.7. The van der Waals surface area contributed by atoms with Gasteiger partial charge in [0.15, 0.2) is 5.76 Å². The Labute approximate surface area is 141 Å². The summed E-state index contributed by atoms with van der Waals surface area (Å²) in [7, 11) is 1.67. The van der Waals surface area contributed by atoms with Crippen molar-refractivity contribution in [3.05, 3.63) is 72.0 Å². The van der Waals surface area contributed by atoms with Crippen LogP contribution in [0.25, 0.3) is 11.0 Å². The molecule has 4 heteroatoms. The van der Waals surface area contributed by atoms with Gasteiger partial charge in [0.25, 0.3) is 5.91 Å². The Kier molecular flexibility index (Phi) is 4.67. The van der Waals surface area contributed by atoms with Gasteiger partial charge in [-0.3, -0.25) is 4.79 Å². The average molecular weight is 323 g/mol. The molecule has 0 saturated carbocycles. The molecule has 0 bridgehead atoms. The van der Waals surface area contributed by atoms with Gasteiger partial charge in [-0.15, -0.1) is 0 Å². The van der Waals surface area contributed by atoms with Gasteiger partial charge in [-0.05, 0) is 24.1 Å². The zero-order valence-electron chi connectivity index (χ0n) is 13.9. The molecule has 0 spiro atoms. The number of para-hydroxylation sites is 1. The normalized spacial score (nSPS) is 13.6. The van der Waals surface area contributed by atoms with Crippen molar-refractivity contribution in [2.75, 3.05) is 13.7 Å². The first kappa shape index (κ1) is 16.3. The molecule has 0 saturated heterocycles. The van der Waals surface area contributed by atoms with E-state index in [9.17, 15) is 4.79 Å². The first-order valence-corrected chi connectivity index (χ1v) is 8.06. The van der Waals surface area contributed by atoms with Crippen molar-refractivity contribution in [3.63, 3.8) is 0 Å². The molecular weight excluding hydrogens is 302 g/mol. The van der Waals surface area contributed by atoms with Crippen molar-refractivity contribution in [2.45, 2.75) is 18.9 Å². The average Bonchev–Trinajstić information content (AvgIpc) is 3.08. The molecule has 4 nitrogen and oxygen atoms in total. The van der Waals surface area contributed by atoms with Crippen molar-refractivity contribution in [3.8, 4) is 0 Å². The van der Waals surface area contributed by atoms with Crippen molar-refractivity contribution in [1.29, 1.82) is 0 Å². The molecule has 0 radical (unpaired) electrons. The molecule has 0 fully saturated rings. The van der Waals surface area contributed by atoms with Gasteiger partial charge in [-0.25, -0.2) is 0 Å². The van der Waals surface area contributed by atoms with E-state index in [0.717, 1.165) is 17.4 Å². The lowest BCUT2D eigenvalue weighted by molar-refractivity contribution is -0.0165. The number of rotatable bonds is 6. The van der Waals surface area contributed by atoms with Crippen LogP contribution >= 0.6 is 0 Å².